The molecule has 0 heterocycles. The van der Waals surface area contributed by atoms with Crippen molar-refractivity contribution in [2.75, 3.05) is 18.8 Å². The van der Waals surface area contributed by atoms with Crippen molar-refractivity contribution in [1.29, 1.82) is 0 Å². The Morgan fingerprint density at radius 3 is 2.78 bits per heavy atom. The van der Waals surface area contributed by atoms with E-state index in [1.807, 2.05) is 6.92 Å². The summed E-state index contributed by atoms with van der Waals surface area (Å²) in [6.07, 6.45) is 5.15. The zero-order chi connectivity index (χ0) is 13.4. The Hall–Kier alpha value is -0.420. The van der Waals surface area contributed by atoms with Crippen LogP contribution in [0.5, 0.6) is 0 Å². The summed E-state index contributed by atoms with van der Waals surface area (Å²) in [5.74, 6) is 0.101. The third-order valence-corrected chi connectivity index (χ3v) is 5.05. The minimum Gasteiger partial charge on any atom is -0.355 e. The maximum atomic E-state index is 12.1. The number of carbonyl (C=O) groups excluding carboxylic acids is 1. The monoisotopic (exact) mass is 274 g/mol. The van der Waals surface area contributed by atoms with Crippen LogP contribution in [0.3, 0.4) is 0 Å². The number of amides is 1. The molecule has 4 nitrogen and oxygen atoms in total. The molecule has 0 aromatic rings. The van der Waals surface area contributed by atoms with Crippen LogP contribution in [0.25, 0.3) is 0 Å². The predicted molar refractivity (Wildman–Crippen MR) is 76.0 cm³/mol. The van der Waals surface area contributed by atoms with Crippen molar-refractivity contribution in [2.45, 2.75) is 57.2 Å². The fourth-order valence-electron chi connectivity index (χ4n) is 2.42. The summed E-state index contributed by atoms with van der Waals surface area (Å²) in [6.45, 7) is 5.75. The molecule has 0 bridgehead atoms. The van der Waals surface area contributed by atoms with Crippen molar-refractivity contribution in [3.63, 3.8) is 0 Å². The predicted octanol–water partition coefficient (Wildman–Crippen LogP) is 1.18. The van der Waals surface area contributed by atoms with Crippen LogP contribution in [-0.4, -0.2) is 40.3 Å². The van der Waals surface area contributed by atoms with Crippen LogP contribution in [0.4, 0.5) is 0 Å². The van der Waals surface area contributed by atoms with Gasteiger partial charge in [0.15, 0.2) is 0 Å². The Bertz CT molecular complexity index is 282. The summed E-state index contributed by atoms with van der Waals surface area (Å²) < 4.78 is 12.1. The minimum absolute atomic E-state index is 0.0687. The summed E-state index contributed by atoms with van der Waals surface area (Å²) in [5.41, 5.74) is 0. The van der Waals surface area contributed by atoms with Crippen LogP contribution in [0.2, 0.25) is 0 Å². The first-order valence-corrected chi connectivity index (χ1v) is 8.42. The van der Waals surface area contributed by atoms with E-state index in [9.17, 15) is 9.00 Å². The van der Waals surface area contributed by atoms with Crippen LogP contribution in [-0.2, 0) is 15.6 Å². The Morgan fingerprint density at radius 1 is 1.33 bits per heavy atom. The smallest absolute Gasteiger partial charge is 0.232 e. The molecule has 5 heteroatoms. The number of rotatable bonds is 7. The summed E-state index contributed by atoms with van der Waals surface area (Å²) in [7, 11) is -1.02. The molecule has 0 aromatic heterocycles. The third-order valence-electron chi connectivity index (χ3n) is 3.34. The van der Waals surface area contributed by atoms with Crippen LogP contribution in [0.15, 0.2) is 0 Å². The van der Waals surface area contributed by atoms with Gasteiger partial charge in [0, 0.05) is 28.6 Å². The van der Waals surface area contributed by atoms with Crippen molar-refractivity contribution in [3.05, 3.63) is 0 Å². The highest BCUT2D eigenvalue weighted by Gasteiger charge is 2.26. The Balaban J connectivity index is 2.34. The van der Waals surface area contributed by atoms with Crippen molar-refractivity contribution in [1.82, 2.24) is 10.6 Å². The van der Waals surface area contributed by atoms with Crippen LogP contribution < -0.4 is 10.6 Å². The summed E-state index contributed by atoms with van der Waals surface area (Å²) >= 11 is 0. The van der Waals surface area contributed by atoms with Gasteiger partial charge in [0.05, 0.1) is 0 Å². The van der Waals surface area contributed by atoms with E-state index in [0.717, 1.165) is 32.2 Å². The maximum Gasteiger partial charge on any atom is 0.232 e. The lowest BCUT2D eigenvalue weighted by atomic mass is 9.95. The molecule has 0 aliphatic heterocycles. The second kappa shape index (κ2) is 8.64. The van der Waals surface area contributed by atoms with Crippen molar-refractivity contribution < 1.29 is 9.00 Å². The first-order valence-electron chi connectivity index (χ1n) is 7.04. The molecular formula is C13H26N2O2S. The molecular weight excluding hydrogens is 248 g/mol. The van der Waals surface area contributed by atoms with E-state index >= 15 is 0 Å². The highest BCUT2D eigenvalue weighted by Crippen LogP contribution is 2.22. The number of hydrogen-bond donors (Lipinski definition) is 2. The second-order valence-corrected chi connectivity index (χ2v) is 6.64. The molecule has 3 atom stereocenters. The molecule has 18 heavy (non-hydrogen) atoms. The summed E-state index contributed by atoms with van der Waals surface area (Å²) in [5, 5.41) is 6.40. The van der Waals surface area contributed by atoms with E-state index in [1.165, 1.54) is 6.42 Å². The van der Waals surface area contributed by atoms with Gasteiger partial charge in [-0.1, -0.05) is 20.3 Å². The molecule has 0 aromatic carbocycles. The minimum atomic E-state index is -1.02. The largest absolute Gasteiger partial charge is 0.355 e. The normalized spacial score (nSPS) is 25.7. The van der Waals surface area contributed by atoms with Crippen LogP contribution in [0.1, 0.15) is 46.0 Å². The van der Waals surface area contributed by atoms with Gasteiger partial charge in [-0.15, -0.1) is 0 Å². The van der Waals surface area contributed by atoms with Crippen LogP contribution >= 0.6 is 0 Å². The fourth-order valence-corrected chi connectivity index (χ4v) is 3.89. The second-order valence-electron chi connectivity index (χ2n) is 4.92. The zero-order valence-electron chi connectivity index (χ0n) is 11.5. The lowest BCUT2D eigenvalue weighted by Crippen LogP contribution is -2.39. The number of hydrogen-bond acceptors (Lipinski definition) is 3. The Morgan fingerprint density at radius 2 is 2.11 bits per heavy atom. The Kier molecular flexibility index (Phi) is 7.51. The number of nitrogens with one attached hydrogen (secondary N) is 2. The first-order chi connectivity index (χ1) is 8.67. The van der Waals surface area contributed by atoms with Gasteiger partial charge in [0.2, 0.25) is 5.91 Å². The molecule has 1 aliphatic rings. The van der Waals surface area contributed by atoms with Gasteiger partial charge in [-0.3, -0.25) is 9.00 Å². The van der Waals surface area contributed by atoms with E-state index in [2.05, 4.69) is 17.6 Å². The highest BCUT2D eigenvalue weighted by atomic mass is 32.2. The van der Waals surface area contributed by atoms with E-state index in [4.69, 9.17) is 0 Å². The lowest BCUT2D eigenvalue weighted by Gasteiger charge is -2.28. The highest BCUT2D eigenvalue weighted by molar-refractivity contribution is 7.86. The quantitative estimate of drug-likeness (QED) is 0.733. The van der Waals surface area contributed by atoms with Crippen molar-refractivity contribution in [2.24, 2.45) is 0 Å². The molecule has 2 N–H and O–H groups in total. The molecule has 1 amide bonds. The van der Waals surface area contributed by atoms with Gasteiger partial charge in [-0.05, 0) is 32.2 Å². The van der Waals surface area contributed by atoms with Gasteiger partial charge in [0.25, 0.3) is 0 Å². The molecule has 1 rings (SSSR count). The summed E-state index contributed by atoms with van der Waals surface area (Å²) in [4.78, 5) is 11.5. The van der Waals surface area contributed by atoms with Gasteiger partial charge < -0.3 is 10.6 Å². The molecule has 1 fully saturated rings. The molecule has 0 radical (unpaired) electrons. The standard InChI is InChI=1S/C13H26N2O2S/c1-3-8-15-13(16)10-18(17)12-7-5-6-11(9-12)14-4-2/h11-12,14H,3-10H2,1-2H3,(H,15,16). The lowest BCUT2D eigenvalue weighted by molar-refractivity contribution is -0.118. The van der Waals surface area contributed by atoms with Gasteiger partial charge in [0.1, 0.15) is 5.75 Å². The van der Waals surface area contributed by atoms with Crippen molar-refractivity contribution in [3.8, 4) is 0 Å². The van der Waals surface area contributed by atoms with Gasteiger partial charge in [-0.2, -0.15) is 0 Å². The Labute approximate surface area is 113 Å². The molecule has 0 saturated heterocycles. The first kappa shape index (κ1) is 15.6. The average Bonchev–Trinajstić information content (AvgIpc) is 2.37. The van der Waals surface area contributed by atoms with E-state index in [1.54, 1.807) is 0 Å². The third kappa shape index (κ3) is 5.48. The summed E-state index contributed by atoms with van der Waals surface area (Å²) in [6, 6.07) is 0.483. The van der Waals surface area contributed by atoms with Gasteiger partial charge in [-0.25, -0.2) is 0 Å². The SMILES string of the molecule is CCCNC(=O)CS(=O)C1CCCC(NCC)C1. The average molecular weight is 274 g/mol. The molecule has 106 valence electrons. The van der Waals surface area contributed by atoms with E-state index in [-0.39, 0.29) is 16.9 Å². The topological polar surface area (TPSA) is 58.2 Å². The zero-order valence-corrected chi connectivity index (χ0v) is 12.4. The maximum absolute atomic E-state index is 12.1. The van der Waals surface area contributed by atoms with E-state index < -0.39 is 10.8 Å². The molecule has 1 aliphatic carbocycles. The van der Waals surface area contributed by atoms with Crippen LogP contribution in [0, 0.1) is 0 Å². The van der Waals surface area contributed by atoms with Crippen molar-refractivity contribution >= 4 is 16.7 Å². The molecule has 1 saturated carbocycles. The van der Waals surface area contributed by atoms with Gasteiger partial charge >= 0.3 is 0 Å². The molecule has 3 unspecified atom stereocenters. The molecule has 0 spiro atoms. The number of carbonyl (C=O) groups is 1. The fraction of sp³-hybridized carbons (Fsp3) is 0.923. The van der Waals surface area contributed by atoms with E-state index in [0.29, 0.717) is 12.6 Å².